The summed E-state index contributed by atoms with van der Waals surface area (Å²) in [6.07, 6.45) is 3.36. The van der Waals surface area contributed by atoms with Gasteiger partial charge in [-0.15, -0.1) is 0 Å². The zero-order valence-corrected chi connectivity index (χ0v) is 13.6. The predicted octanol–water partition coefficient (Wildman–Crippen LogP) is 2.73. The Hall–Kier alpha value is -1.88. The quantitative estimate of drug-likeness (QED) is 0.484. The first-order valence-corrected chi connectivity index (χ1v) is 8.17. The lowest BCUT2D eigenvalue weighted by molar-refractivity contribution is -0.148. The minimum Gasteiger partial charge on any atom is -0.424 e. The number of hydrogen-bond acceptors (Lipinski definition) is 4. The number of nitrogens with zero attached hydrogens (tertiary/aromatic N) is 1. The van der Waals surface area contributed by atoms with Crippen LogP contribution in [0.15, 0.2) is 18.2 Å². The average Bonchev–Trinajstić information content (AvgIpc) is 2.76. The topological polar surface area (TPSA) is 63.7 Å². The zero-order chi connectivity index (χ0) is 16.6. The summed E-state index contributed by atoms with van der Waals surface area (Å²) in [5.41, 5.74) is 0.900. The normalized spacial score (nSPS) is 23.8. The summed E-state index contributed by atoms with van der Waals surface area (Å²) in [7, 11) is 0. The van der Waals surface area contributed by atoms with Crippen LogP contribution in [0.1, 0.15) is 31.2 Å². The Balaban J connectivity index is 1.69. The van der Waals surface area contributed by atoms with Gasteiger partial charge >= 0.3 is 5.97 Å². The molecule has 3 rings (SSSR count). The molecule has 1 heterocycles. The fourth-order valence-electron chi connectivity index (χ4n) is 3.36. The van der Waals surface area contributed by atoms with Crippen LogP contribution < -0.4 is 4.74 Å². The van der Waals surface area contributed by atoms with E-state index in [1.807, 2.05) is 6.92 Å². The molecule has 2 aliphatic rings. The summed E-state index contributed by atoms with van der Waals surface area (Å²) >= 11 is 5.99. The molecule has 2 fully saturated rings. The standard InChI is InChI=1S/C17H18ClNO4/c1-10-6-7-13(18)14(8-10)23-15(20)9-19-16(21)11-4-2-3-5-12(11)17(19)22/h6-8,11-12H,2-5,9H2,1H3. The van der Waals surface area contributed by atoms with E-state index in [0.717, 1.165) is 36.1 Å². The molecule has 0 aromatic heterocycles. The minimum atomic E-state index is -0.655. The molecular weight excluding hydrogens is 318 g/mol. The number of ether oxygens (including phenoxy) is 1. The SMILES string of the molecule is Cc1ccc(Cl)c(OC(=O)CN2C(=O)C3CCCCC3C2=O)c1. The predicted molar refractivity (Wildman–Crippen MR) is 84.0 cm³/mol. The number of imide groups is 1. The zero-order valence-electron chi connectivity index (χ0n) is 12.9. The number of fused-ring (bicyclic) bond motifs is 1. The highest BCUT2D eigenvalue weighted by molar-refractivity contribution is 6.32. The van der Waals surface area contributed by atoms with Gasteiger partial charge in [0.25, 0.3) is 0 Å². The van der Waals surface area contributed by atoms with E-state index in [2.05, 4.69) is 0 Å². The number of carbonyl (C=O) groups is 3. The molecule has 0 bridgehead atoms. The van der Waals surface area contributed by atoms with Gasteiger partial charge in [0.15, 0.2) is 0 Å². The molecule has 1 saturated carbocycles. The van der Waals surface area contributed by atoms with E-state index in [1.54, 1.807) is 18.2 Å². The van der Waals surface area contributed by atoms with Crippen molar-refractivity contribution in [3.63, 3.8) is 0 Å². The van der Waals surface area contributed by atoms with E-state index < -0.39 is 5.97 Å². The number of carbonyl (C=O) groups excluding carboxylic acids is 3. The van der Waals surface area contributed by atoms with Crippen molar-refractivity contribution >= 4 is 29.4 Å². The van der Waals surface area contributed by atoms with Gasteiger partial charge in [-0.05, 0) is 37.5 Å². The van der Waals surface area contributed by atoms with E-state index in [4.69, 9.17) is 16.3 Å². The summed E-state index contributed by atoms with van der Waals surface area (Å²) in [6.45, 7) is 1.50. The second kappa shape index (κ2) is 6.32. The van der Waals surface area contributed by atoms with Crippen LogP contribution in [-0.2, 0) is 14.4 Å². The van der Waals surface area contributed by atoms with Crippen LogP contribution in [-0.4, -0.2) is 29.2 Å². The number of halogens is 1. The van der Waals surface area contributed by atoms with Gasteiger partial charge in [-0.1, -0.05) is 30.5 Å². The number of hydrogen-bond donors (Lipinski definition) is 0. The molecule has 5 nitrogen and oxygen atoms in total. The van der Waals surface area contributed by atoms with Crippen LogP contribution in [0.4, 0.5) is 0 Å². The molecule has 0 spiro atoms. The number of amides is 2. The van der Waals surface area contributed by atoms with E-state index in [0.29, 0.717) is 5.02 Å². The fraction of sp³-hybridized carbons (Fsp3) is 0.471. The van der Waals surface area contributed by atoms with Gasteiger partial charge < -0.3 is 4.74 Å². The highest BCUT2D eigenvalue weighted by Crippen LogP contribution is 2.38. The lowest BCUT2D eigenvalue weighted by Gasteiger charge is -2.19. The van der Waals surface area contributed by atoms with Gasteiger partial charge in [-0.2, -0.15) is 0 Å². The van der Waals surface area contributed by atoms with Gasteiger partial charge in [0, 0.05) is 0 Å². The number of rotatable bonds is 3. The number of esters is 1. The molecule has 122 valence electrons. The van der Waals surface area contributed by atoms with Gasteiger partial charge in [-0.25, -0.2) is 4.79 Å². The monoisotopic (exact) mass is 335 g/mol. The van der Waals surface area contributed by atoms with Crippen molar-refractivity contribution in [1.29, 1.82) is 0 Å². The van der Waals surface area contributed by atoms with Crippen molar-refractivity contribution in [3.05, 3.63) is 28.8 Å². The van der Waals surface area contributed by atoms with Gasteiger partial charge in [0.1, 0.15) is 12.3 Å². The van der Waals surface area contributed by atoms with E-state index in [1.165, 1.54) is 0 Å². The van der Waals surface area contributed by atoms with Gasteiger partial charge in [0.05, 0.1) is 16.9 Å². The second-order valence-electron chi connectivity index (χ2n) is 6.17. The van der Waals surface area contributed by atoms with Crippen molar-refractivity contribution in [3.8, 4) is 5.75 Å². The van der Waals surface area contributed by atoms with Crippen LogP contribution in [0.5, 0.6) is 5.75 Å². The number of benzene rings is 1. The van der Waals surface area contributed by atoms with E-state index in [9.17, 15) is 14.4 Å². The average molecular weight is 336 g/mol. The molecule has 23 heavy (non-hydrogen) atoms. The van der Waals surface area contributed by atoms with Crippen LogP contribution >= 0.6 is 11.6 Å². The number of likely N-dealkylation sites (tertiary alicyclic amines) is 1. The Labute approximate surface area is 139 Å². The second-order valence-corrected chi connectivity index (χ2v) is 6.58. The summed E-state index contributed by atoms with van der Waals surface area (Å²) < 4.78 is 5.22. The van der Waals surface area contributed by atoms with Crippen LogP contribution in [0.2, 0.25) is 5.02 Å². The van der Waals surface area contributed by atoms with Crippen molar-refractivity contribution < 1.29 is 19.1 Å². The molecule has 6 heteroatoms. The maximum Gasteiger partial charge on any atom is 0.331 e. The molecule has 2 atom stereocenters. The third kappa shape index (κ3) is 3.11. The van der Waals surface area contributed by atoms with Crippen molar-refractivity contribution in [2.45, 2.75) is 32.6 Å². The molecule has 0 N–H and O–H groups in total. The molecule has 0 radical (unpaired) electrons. The van der Waals surface area contributed by atoms with Crippen LogP contribution in [0, 0.1) is 18.8 Å². The van der Waals surface area contributed by atoms with Gasteiger partial charge in [-0.3, -0.25) is 14.5 Å². The molecular formula is C17H18ClNO4. The largest absolute Gasteiger partial charge is 0.424 e. The van der Waals surface area contributed by atoms with Crippen molar-refractivity contribution in [2.24, 2.45) is 11.8 Å². The maximum absolute atomic E-state index is 12.3. The minimum absolute atomic E-state index is 0.244. The first-order chi connectivity index (χ1) is 11.0. The van der Waals surface area contributed by atoms with Crippen molar-refractivity contribution in [1.82, 2.24) is 4.90 Å². The Kier molecular flexibility index (Phi) is 4.39. The first-order valence-electron chi connectivity index (χ1n) is 7.79. The van der Waals surface area contributed by atoms with Crippen LogP contribution in [0.25, 0.3) is 0 Å². The highest BCUT2D eigenvalue weighted by atomic mass is 35.5. The number of aryl methyl sites for hydroxylation is 1. The third-order valence-corrected chi connectivity index (χ3v) is 4.84. The molecule has 1 aromatic carbocycles. The lowest BCUT2D eigenvalue weighted by Crippen LogP contribution is -2.37. The van der Waals surface area contributed by atoms with Crippen molar-refractivity contribution in [2.75, 3.05) is 6.54 Å². The summed E-state index contributed by atoms with van der Waals surface area (Å²) in [5, 5.41) is 0.316. The summed E-state index contributed by atoms with van der Waals surface area (Å²) in [6, 6.07) is 5.09. The fourth-order valence-corrected chi connectivity index (χ4v) is 3.52. The third-order valence-electron chi connectivity index (χ3n) is 4.53. The molecule has 1 aromatic rings. The summed E-state index contributed by atoms with van der Waals surface area (Å²) in [4.78, 5) is 37.8. The van der Waals surface area contributed by atoms with E-state index >= 15 is 0 Å². The lowest BCUT2D eigenvalue weighted by atomic mass is 9.81. The highest BCUT2D eigenvalue weighted by Gasteiger charge is 2.48. The smallest absolute Gasteiger partial charge is 0.331 e. The molecule has 1 aliphatic carbocycles. The molecule has 1 saturated heterocycles. The Morgan fingerprint density at radius 1 is 1.22 bits per heavy atom. The first kappa shape index (κ1) is 16.0. The Bertz CT molecular complexity index is 649. The molecule has 1 aliphatic heterocycles. The maximum atomic E-state index is 12.3. The van der Waals surface area contributed by atoms with E-state index in [-0.39, 0.29) is 35.9 Å². The molecule has 2 unspecified atom stereocenters. The van der Waals surface area contributed by atoms with Gasteiger partial charge in [0.2, 0.25) is 11.8 Å². The molecule has 2 amide bonds. The Morgan fingerprint density at radius 3 is 2.43 bits per heavy atom. The Morgan fingerprint density at radius 2 is 1.83 bits per heavy atom. The van der Waals surface area contributed by atoms with Crippen LogP contribution in [0.3, 0.4) is 0 Å². The summed E-state index contributed by atoms with van der Waals surface area (Å²) in [5.74, 6) is -1.41.